The summed E-state index contributed by atoms with van der Waals surface area (Å²) < 4.78 is 32.9. The van der Waals surface area contributed by atoms with Crippen molar-refractivity contribution in [3.05, 3.63) is 98.9 Å². The number of carbonyl (C=O) groups is 1. The predicted octanol–water partition coefficient (Wildman–Crippen LogP) is 6.20. The molecule has 4 nitrogen and oxygen atoms in total. The first-order valence-corrected chi connectivity index (χ1v) is 10.8. The van der Waals surface area contributed by atoms with Crippen LogP contribution in [0.2, 0.25) is 0 Å². The van der Waals surface area contributed by atoms with Gasteiger partial charge in [0.1, 0.15) is 24.0 Å². The molecule has 1 aliphatic rings. The van der Waals surface area contributed by atoms with Crippen LogP contribution < -0.4 is 10.1 Å². The van der Waals surface area contributed by atoms with Crippen LogP contribution in [0, 0.1) is 11.6 Å². The van der Waals surface area contributed by atoms with Crippen LogP contribution in [0.5, 0.6) is 5.75 Å². The number of benzene rings is 3. The zero-order valence-electron chi connectivity index (χ0n) is 15.9. The molecule has 31 heavy (non-hydrogen) atoms. The van der Waals surface area contributed by atoms with Gasteiger partial charge in [-0.2, -0.15) is 0 Å². The molecule has 0 spiro atoms. The Balaban J connectivity index is 1.54. The normalized spacial score (nSPS) is 16.0. The second-order valence-electron chi connectivity index (χ2n) is 6.56. The Kier molecular flexibility index (Phi) is 6.48. The fraction of sp³-hybridized carbons (Fsp3) is 0.0435. The standard InChI is InChI=1S/C23H15BrF2N2O2S/c24-16-3-10-20(30-13-14-1-4-17(25)5-2-14)15(11-16)12-21-22(29)28-23(31-21)27-19-8-6-18(26)7-9-19/h1-12H,13H2,(H,27,28,29)/b21-12+. The summed E-state index contributed by atoms with van der Waals surface area (Å²) in [7, 11) is 0. The average Bonchev–Trinajstić information content (AvgIpc) is 3.09. The maximum atomic E-state index is 13.1. The van der Waals surface area contributed by atoms with E-state index in [9.17, 15) is 13.6 Å². The Morgan fingerprint density at radius 2 is 1.68 bits per heavy atom. The molecule has 0 atom stereocenters. The van der Waals surface area contributed by atoms with Gasteiger partial charge in [-0.25, -0.2) is 13.8 Å². The molecule has 156 valence electrons. The first-order valence-electron chi connectivity index (χ1n) is 9.18. The van der Waals surface area contributed by atoms with Gasteiger partial charge >= 0.3 is 0 Å². The Bertz CT molecular complexity index is 1180. The lowest BCUT2D eigenvalue weighted by atomic mass is 10.2. The minimum atomic E-state index is -0.351. The summed E-state index contributed by atoms with van der Waals surface area (Å²) in [6.45, 7) is 0.259. The van der Waals surface area contributed by atoms with Gasteiger partial charge in [-0.3, -0.25) is 4.79 Å². The van der Waals surface area contributed by atoms with Crippen LogP contribution in [-0.4, -0.2) is 11.1 Å². The number of nitrogens with zero attached hydrogens (tertiary/aromatic N) is 1. The highest BCUT2D eigenvalue weighted by Crippen LogP contribution is 2.32. The second kappa shape index (κ2) is 9.45. The van der Waals surface area contributed by atoms with E-state index in [-0.39, 0.29) is 24.1 Å². The highest BCUT2D eigenvalue weighted by atomic mass is 79.9. The number of nitrogens with one attached hydrogen (secondary N) is 1. The summed E-state index contributed by atoms with van der Waals surface area (Å²) in [5.74, 6) is -0.358. The van der Waals surface area contributed by atoms with Crippen LogP contribution in [0.4, 0.5) is 14.5 Å². The maximum absolute atomic E-state index is 13.1. The van der Waals surface area contributed by atoms with Crippen molar-refractivity contribution in [2.24, 2.45) is 4.99 Å². The van der Waals surface area contributed by atoms with E-state index in [2.05, 4.69) is 26.2 Å². The van der Waals surface area contributed by atoms with Crippen molar-refractivity contribution in [2.75, 3.05) is 0 Å². The van der Waals surface area contributed by atoms with Gasteiger partial charge in [-0.1, -0.05) is 28.1 Å². The predicted molar refractivity (Wildman–Crippen MR) is 122 cm³/mol. The molecule has 0 unspecified atom stereocenters. The Morgan fingerprint density at radius 1 is 1.00 bits per heavy atom. The molecule has 0 aliphatic carbocycles. The van der Waals surface area contributed by atoms with Gasteiger partial charge in [0, 0.05) is 10.0 Å². The highest BCUT2D eigenvalue weighted by molar-refractivity contribution is 9.10. The monoisotopic (exact) mass is 500 g/mol. The number of aliphatic imine (C=N–C) groups is 1. The molecule has 0 bridgehead atoms. The first-order chi connectivity index (χ1) is 15.0. The third kappa shape index (κ3) is 5.59. The fourth-order valence-corrected chi connectivity index (χ4v) is 3.97. The van der Waals surface area contributed by atoms with E-state index < -0.39 is 0 Å². The van der Waals surface area contributed by atoms with Crippen molar-refractivity contribution in [2.45, 2.75) is 6.61 Å². The molecular weight excluding hydrogens is 486 g/mol. The maximum Gasteiger partial charge on any atom is 0.264 e. The molecule has 1 fully saturated rings. The number of ether oxygens (including phenoxy) is 1. The number of halogens is 3. The quantitative estimate of drug-likeness (QED) is 0.424. The van der Waals surface area contributed by atoms with Gasteiger partial charge in [0.25, 0.3) is 5.91 Å². The summed E-state index contributed by atoms with van der Waals surface area (Å²) >= 11 is 4.63. The molecule has 3 aromatic carbocycles. The molecule has 1 aliphatic heterocycles. The van der Waals surface area contributed by atoms with Gasteiger partial charge in [0.15, 0.2) is 5.17 Å². The number of hydrogen-bond donors (Lipinski definition) is 1. The summed E-state index contributed by atoms with van der Waals surface area (Å²) in [6, 6.07) is 17.2. The van der Waals surface area contributed by atoms with Crippen LogP contribution in [0.25, 0.3) is 6.08 Å². The van der Waals surface area contributed by atoms with Crippen LogP contribution in [0.15, 0.2) is 81.1 Å². The average molecular weight is 501 g/mol. The third-order valence-corrected chi connectivity index (χ3v) is 5.68. The van der Waals surface area contributed by atoms with E-state index >= 15 is 0 Å². The number of amides is 1. The van der Waals surface area contributed by atoms with Crippen LogP contribution in [-0.2, 0) is 11.4 Å². The molecule has 1 N–H and O–H groups in total. The fourth-order valence-electron chi connectivity index (χ4n) is 2.76. The molecular formula is C23H15BrF2N2O2S. The topological polar surface area (TPSA) is 50.7 Å². The van der Waals surface area contributed by atoms with Crippen LogP contribution in [0.1, 0.15) is 11.1 Å². The number of amidine groups is 1. The molecule has 0 radical (unpaired) electrons. The number of rotatable bonds is 5. The van der Waals surface area contributed by atoms with Gasteiger partial charge in [0.05, 0.1) is 10.6 Å². The second-order valence-corrected chi connectivity index (χ2v) is 8.50. The zero-order chi connectivity index (χ0) is 21.8. The zero-order valence-corrected chi connectivity index (χ0v) is 18.3. The van der Waals surface area contributed by atoms with Crippen molar-refractivity contribution < 1.29 is 18.3 Å². The molecule has 1 saturated heterocycles. The first kappa shape index (κ1) is 21.3. The minimum absolute atomic E-state index is 0.259. The lowest BCUT2D eigenvalue weighted by molar-refractivity contribution is -0.115. The summed E-state index contributed by atoms with van der Waals surface area (Å²) in [5.41, 5.74) is 2.07. The molecule has 1 amide bonds. The van der Waals surface area contributed by atoms with Crippen molar-refractivity contribution in [3.63, 3.8) is 0 Å². The lowest BCUT2D eigenvalue weighted by Gasteiger charge is -2.10. The number of carbonyl (C=O) groups excluding carboxylic acids is 1. The van der Waals surface area contributed by atoms with E-state index in [0.29, 0.717) is 27.1 Å². The van der Waals surface area contributed by atoms with Crippen LogP contribution >= 0.6 is 27.7 Å². The highest BCUT2D eigenvalue weighted by Gasteiger charge is 2.24. The number of thioether (sulfide) groups is 1. The molecule has 8 heteroatoms. The van der Waals surface area contributed by atoms with Crippen molar-refractivity contribution >= 4 is 50.5 Å². The molecule has 1 heterocycles. The van der Waals surface area contributed by atoms with Crippen molar-refractivity contribution in [3.8, 4) is 5.75 Å². The van der Waals surface area contributed by atoms with E-state index in [1.54, 1.807) is 24.3 Å². The van der Waals surface area contributed by atoms with E-state index in [1.165, 1.54) is 48.2 Å². The Morgan fingerprint density at radius 3 is 2.39 bits per heavy atom. The lowest BCUT2D eigenvalue weighted by Crippen LogP contribution is -2.19. The van der Waals surface area contributed by atoms with E-state index in [1.807, 2.05) is 12.1 Å². The Labute approximate surface area is 190 Å². The van der Waals surface area contributed by atoms with Gasteiger partial charge in [-0.15, -0.1) is 0 Å². The van der Waals surface area contributed by atoms with Gasteiger partial charge < -0.3 is 10.1 Å². The largest absolute Gasteiger partial charge is 0.488 e. The van der Waals surface area contributed by atoms with Gasteiger partial charge in [-0.05, 0) is 78.0 Å². The molecule has 0 saturated carbocycles. The molecule has 4 rings (SSSR count). The molecule has 0 aromatic heterocycles. The van der Waals surface area contributed by atoms with Gasteiger partial charge in [0.2, 0.25) is 0 Å². The molecule has 3 aromatic rings. The smallest absolute Gasteiger partial charge is 0.264 e. The summed E-state index contributed by atoms with van der Waals surface area (Å²) in [4.78, 5) is 17.2. The third-order valence-electron chi connectivity index (χ3n) is 4.27. The minimum Gasteiger partial charge on any atom is -0.488 e. The van der Waals surface area contributed by atoms with E-state index in [0.717, 1.165) is 10.0 Å². The van der Waals surface area contributed by atoms with E-state index in [4.69, 9.17) is 4.74 Å². The number of hydrogen-bond acceptors (Lipinski definition) is 4. The Hall–Kier alpha value is -2.97. The van der Waals surface area contributed by atoms with Crippen molar-refractivity contribution in [1.82, 2.24) is 5.32 Å². The summed E-state index contributed by atoms with van der Waals surface area (Å²) in [6.07, 6.45) is 1.72. The summed E-state index contributed by atoms with van der Waals surface area (Å²) in [5, 5.41) is 3.12. The van der Waals surface area contributed by atoms with Crippen LogP contribution in [0.3, 0.4) is 0 Å². The SMILES string of the molecule is O=C1NC(=Nc2ccc(F)cc2)S/C1=C/c1cc(Br)ccc1OCc1ccc(F)cc1. The van der Waals surface area contributed by atoms with Crippen molar-refractivity contribution in [1.29, 1.82) is 0 Å².